The van der Waals surface area contributed by atoms with E-state index >= 15 is 0 Å². The lowest BCUT2D eigenvalue weighted by Gasteiger charge is -2.09. The van der Waals surface area contributed by atoms with E-state index in [1.807, 2.05) is 30.5 Å². The molecule has 1 unspecified atom stereocenters. The van der Waals surface area contributed by atoms with Crippen LogP contribution in [0.2, 0.25) is 0 Å². The van der Waals surface area contributed by atoms with Gasteiger partial charge in [-0.2, -0.15) is 0 Å². The number of hydrogen-bond donors (Lipinski definition) is 0. The smallest absolute Gasteiger partial charge is 0.257 e. The van der Waals surface area contributed by atoms with Crippen LogP contribution in [-0.4, -0.2) is 25.0 Å². The van der Waals surface area contributed by atoms with Gasteiger partial charge in [0.05, 0.1) is 10.1 Å². The van der Waals surface area contributed by atoms with E-state index < -0.39 is 0 Å². The molecule has 4 aromatic rings. The quantitative estimate of drug-likeness (QED) is 0.415. The van der Waals surface area contributed by atoms with Crippen molar-refractivity contribution < 1.29 is 4.42 Å². The summed E-state index contributed by atoms with van der Waals surface area (Å²) in [6, 6.07) is 12.2. The predicted octanol–water partition coefficient (Wildman–Crippen LogP) is 5.24. The fourth-order valence-electron chi connectivity index (χ4n) is 2.77. The second-order valence-electron chi connectivity index (χ2n) is 6.10. The summed E-state index contributed by atoms with van der Waals surface area (Å²) in [5, 5.41) is 20.0. The van der Waals surface area contributed by atoms with E-state index in [9.17, 15) is 0 Å². The van der Waals surface area contributed by atoms with Crippen molar-refractivity contribution in [3.63, 3.8) is 0 Å². The van der Waals surface area contributed by atoms with Gasteiger partial charge in [0.1, 0.15) is 0 Å². The van der Waals surface area contributed by atoms with Gasteiger partial charge in [0.2, 0.25) is 5.89 Å². The van der Waals surface area contributed by atoms with Gasteiger partial charge >= 0.3 is 0 Å². The van der Waals surface area contributed by atoms with E-state index in [4.69, 9.17) is 4.42 Å². The molecule has 0 spiro atoms. The Labute approximate surface area is 165 Å². The average molecular weight is 398 g/mol. The third-order valence-corrected chi connectivity index (χ3v) is 6.04. The third-order valence-electron chi connectivity index (χ3n) is 4.11. The number of rotatable bonds is 6. The molecule has 0 bridgehead atoms. The molecule has 0 aliphatic heterocycles. The second-order valence-corrected chi connectivity index (χ2v) is 8.36. The Kier molecular flexibility index (Phi) is 5.09. The Hall–Kier alpha value is -2.45. The molecule has 1 aromatic carbocycles. The minimum Gasteiger partial charge on any atom is -0.419 e. The topological polar surface area (TPSA) is 69.6 Å². The summed E-state index contributed by atoms with van der Waals surface area (Å²) in [4.78, 5) is 0.976. The van der Waals surface area contributed by atoms with Crippen LogP contribution in [0, 0.1) is 6.92 Å². The Morgan fingerprint density at radius 2 is 2.04 bits per heavy atom. The number of aromatic nitrogens is 5. The summed E-state index contributed by atoms with van der Waals surface area (Å²) >= 11 is 3.16. The van der Waals surface area contributed by atoms with Gasteiger partial charge in [-0.25, -0.2) is 0 Å². The summed E-state index contributed by atoms with van der Waals surface area (Å²) in [5.41, 5.74) is 2.27. The normalized spacial score (nSPS) is 12.4. The minimum absolute atomic E-state index is 0.0222. The van der Waals surface area contributed by atoms with Gasteiger partial charge < -0.3 is 8.98 Å². The van der Waals surface area contributed by atoms with Crippen LogP contribution in [-0.2, 0) is 6.54 Å². The fraction of sp³-hybridized carbons (Fsp3) is 0.263. The van der Waals surface area contributed by atoms with Crippen LogP contribution in [0.25, 0.3) is 22.2 Å². The Morgan fingerprint density at radius 3 is 2.78 bits per heavy atom. The van der Waals surface area contributed by atoms with Gasteiger partial charge in [-0.05, 0) is 38.3 Å². The maximum Gasteiger partial charge on any atom is 0.257 e. The van der Waals surface area contributed by atoms with Gasteiger partial charge in [-0.3, -0.25) is 0 Å². The first-order chi connectivity index (χ1) is 13.2. The van der Waals surface area contributed by atoms with E-state index in [-0.39, 0.29) is 5.25 Å². The molecule has 4 rings (SSSR count). The van der Waals surface area contributed by atoms with Gasteiger partial charge in [-0.15, -0.1) is 31.7 Å². The van der Waals surface area contributed by atoms with Gasteiger partial charge in [0.15, 0.2) is 11.0 Å². The lowest BCUT2D eigenvalue weighted by molar-refractivity contribution is 0.509. The molecule has 6 nitrogen and oxygen atoms in total. The molecule has 0 radical (unpaired) electrons. The molecule has 3 heterocycles. The van der Waals surface area contributed by atoms with E-state index in [0.29, 0.717) is 11.8 Å². The zero-order chi connectivity index (χ0) is 18.8. The number of thiophene rings is 1. The summed E-state index contributed by atoms with van der Waals surface area (Å²) in [6.07, 6.45) is 0. The molecule has 1 atom stereocenters. The molecule has 27 heavy (non-hydrogen) atoms. The molecule has 0 saturated heterocycles. The van der Waals surface area contributed by atoms with Crippen molar-refractivity contribution >= 4 is 23.1 Å². The fourth-order valence-corrected chi connectivity index (χ4v) is 4.35. The first kappa shape index (κ1) is 17.9. The Morgan fingerprint density at radius 1 is 1.15 bits per heavy atom. The first-order valence-electron chi connectivity index (χ1n) is 8.70. The number of nitrogens with zero attached hydrogens (tertiary/aromatic N) is 5. The van der Waals surface area contributed by atoms with Crippen LogP contribution >= 0.6 is 23.1 Å². The maximum absolute atomic E-state index is 5.85. The number of benzene rings is 1. The van der Waals surface area contributed by atoms with Crippen molar-refractivity contribution in [2.45, 2.75) is 37.7 Å². The predicted molar refractivity (Wildman–Crippen MR) is 108 cm³/mol. The number of hydrogen-bond acceptors (Lipinski definition) is 7. The van der Waals surface area contributed by atoms with Crippen LogP contribution in [0.1, 0.15) is 30.6 Å². The average Bonchev–Trinajstić information content (AvgIpc) is 3.41. The molecule has 0 amide bonds. The molecule has 0 aliphatic carbocycles. The molecule has 138 valence electrons. The Balaban J connectivity index is 1.57. The lowest BCUT2D eigenvalue weighted by Crippen LogP contribution is -2.01. The monoisotopic (exact) mass is 397 g/mol. The number of aryl methyl sites for hydroxylation is 1. The molecule has 0 aliphatic rings. The van der Waals surface area contributed by atoms with E-state index in [1.165, 1.54) is 5.56 Å². The number of thioether (sulfide) groups is 1. The summed E-state index contributed by atoms with van der Waals surface area (Å²) in [7, 11) is 0. The molecule has 0 N–H and O–H groups in total. The van der Waals surface area contributed by atoms with E-state index in [0.717, 1.165) is 28.0 Å². The molecular weight excluding hydrogens is 378 g/mol. The zero-order valence-corrected chi connectivity index (χ0v) is 16.9. The molecule has 3 aromatic heterocycles. The van der Waals surface area contributed by atoms with Crippen molar-refractivity contribution in [2.24, 2.45) is 0 Å². The minimum atomic E-state index is -0.0222. The largest absolute Gasteiger partial charge is 0.419 e. The van der Waals surface area contributed by atoms with E-state index in [1.54, 1.807) is 23.1 Å². The lowest BCUT2D eigenvalue weighted by atomic mass is 10.1. The van der Waals surface area contributed by atoms with Crippen LogP contribution in [0.5, 0.6) is 0 Å². The van der Waals surface area contributed by atoms with Gasteiger partial charge in [0.25, 0.3) is 5.89 Å². The first-order valence-corrected chi connectivity index (χ1v) is 10.5. The molecule has 0 saturated carbocycles. The van der Waals surface area contributed by atoms with Crippen LogP contribution in [0.3, 0.4) is 0 Å². The summed E-state index contributed by atoms with van der Waals surface area (Å²) in [6.45, 7) is 7.00. The van der Waals surface area contributed by atoms with Crippen LogP contribution in [0.4, 0.5) is 0 Å². The van der Waals surface area contributed by atoms with Crippen LogP contribution in [0.15, 0.2) is 51.4 Å². The molecular formula is C19H19N5OS2. The Bertz CT molecular complexity index is 1040. The third kappa shape index (κ3) is 3.68. The van der Waals surface area contributed by atoms with Crippen molar-refractivity contribution in [3.8, 4) is 22.2 Å². The van der Waals surface area contributed by atoms with Crippen molar-refractivity contribution in [3.05, 3.63) is 53.2 Å². The van der Waals surface area contributed by atoms with Crippen LogP contribution < -0.4 is 0 Å². The van der Waals surface area contributed by atoms with Gasteiger partial charge in [-0.1, -0.05) is 41.6 Å². The highest BCUT2D eigenvalue weighted by atomic mass is 32.2. The van der Waals surface area contributed by atoms with Crippen molar-refractivity contribution in [1.29, 1.82) is 0 Å². The van der Waals surface area contributed by atoms with Crippen molar-refractivity contribution in [1.82, 2.24) is 25.0 Å². The zero-order valence-electron chi connectivity index (χ0n) is 15.3. The summed E-state index contributed by atoms with van der Waals surface area (Å²) < 4.78 is 7.97. The maximum atomic E-state index is 5.85. The van der Waals surface area contributed by atoms with Crippen molar-refractivity contribution in [2.75, 3.05) is 0 Å². The second kappa shape index (κ2) is 7.66. The highest BCUT2D eigenvalue weighted by Gasteiger charge is 2.21. The van der Waals surface area contributed by atoms with E-state index in [2.05, 4.69) is 57.0 Å². The SMILES string of the molecule is CCn1c(SC(C)c2nnc(-c3cccs3)o2)nnc1-c1cccc(C)c1. The van der Waals surface area contributed by atoms with Gasteiger partial charge in [0, 0.05) is 12.1 Å². The highest BCUT2D eigenvalue weighted by molar-refractivity contribution is 7.99. The highest BCUT2D eigenvalue weighted by Crippen LogP contribution is 2.36. The molecule has 0 fully saturated rings. The summed E-state index contributed by atoms with van der Waals surface area (Å²) in [5.74, 6) is 2.02. The molecule has 8 heteroatoms. The standard InChI is InChI=1S/C19H19N5OS2/c1-4-24-16(14-8-5-7-12(2)11-14)20-23-19(24)27-13(3)17-21-22-18(25-17)15-9-6-10-26-15/h5-11,13H,4H2,1-3H3.